The number of hydrogen-bond acceptors (Lipinski definition) is 4. The third-order valence-electron chi connectivity index (χ3n) is 2.24. The van der Waals surface area contributed by atoms with E-state index < -0.39 is 0 Å². The third kappa shape index (κ3) is 6.51. The first-order valence-corrected chi connectivity index (χ1v) is 7.80. The third-order valence-corrected chi connectivity index (χ3v) is 4.38. The monoisotopic (exact) mass is 258 g/mol. The molecule has 2 nitrogen and oxygen atoms in total. The lowest BCUT2D eigenvalue weighted by atomic mass is 10.1. The van der Waals surface area contributed by atoms with Gasteiger partial charge in [-0.25, -0.2) is 4.98 Å². The molecule has 0 aromatic carbocycles. The van der Waals surface area contributed by atoms with E-state index in [1.807, 2.05) is 18.7 Å². The SMILES string of the molecule is Cc1csc(SCCNCCCC(C)C)n1. The molecule has 0 saturated heterocycles. The minimum atomic E-state index is 0.828. The van der Waals surface area contributed by atoms with Crippen LogP contribution in [0.15, 0.2) is 9.72 Å². The van der Waals surface area contributed by atoms with Crippen molar-refractivity contribution in [2.24, 2.45) is 5.92 Å². The highest BCUT2D eigenvalue weighted by molar-refractivity contribution is 8.01. The molecule has 0 bridgehead atoms. The van der Waals surface area contributed by atoms with Crippen LogP contribution in [0.5, 0.6) is 0 Å². The lowest BCUT2D eigenvalue weighted by Gasteiger charge is -2.05. The average Bonchev–Trinajstić information content (AvgIpc) is 2.62. The molecule has 0 unspecified atom stereocenters. The van der Waals surface area contributed by atoms with Gasteiger partial charge in [0.1, 0.15) is 4.34 Å². The highest BCUT2D eigenvalue weighted by Crippen LogP contribution is 2.21. The van der Waals surface area contributed by atoms with Crippen molar-refractivity contribution in [3.05, 3.63) is 11.1 Å². The summed E-state index contributed by atoms with van der Waals surface area (Å²) in [5.74, 6) is 1.95. The van der Waals surface area contributed by atoms with E-state index in [1.54, 1.807) is 11.3 Å². The van der Waals surface area contributed by atoms with Crippen LogP contribution in [-0.2, 0) is 0 Å². The predicted octanol–water partition coefficient (Wildman–Crippen LogP) is 3.57. The van der Waals surface area contributed by atoms with Crippen molar-refractivity contribution in [2.75, 3.05) is 18.8 Å². The second kappa shape index (κ2) is 8.09. The molecule has 0 atom stereocenters. The first-order chi connectivity index (χ1) is 7.68. The average molecular weight is 258 g/mol. The van der Waals surface area contributed by atoms with Crippen molar-refractivity contribution in [2.45, 2.75) is 38.0 Å². The van der Waals surface area contributed by atoms with E-state index in [-0.39, 0.29) is 0 Å². The molecule has 0 spiro atoms. The van der Waals surface area contributed by atoms with Crippen molar-refractivity contribution >= 4 is 23.1 Å². The molecule has 0 amide bonds. The van der Waals surface area contributed by atoms with Gasteiger partial charge in [0.2, 0.25) is 0 Å². The van der Waals surface area contributed by atoms with Crippen LogP contribution in [0.4, 0.5) is 0 Å². The van der Waals surface area contributed by atoms with Gasteiger partial charge in [0.15, 0.2) is 0 Å². The number of rotatable bonds is 8. The van der Waals surface area contributed by atoms with Crippen molar-refractivity contribution in [1.82, 2.24) is 10.3 Å². The van der Waals surface area contributed by atoms with E-state index in [0.29, 0.717) is 0 Å². The summed E-state index contributed by atoms with van der Waals surface area (Å²) in [6.45, 7) is 8.84. The maximum Gasteiger partial charge on any atom is 0.150 e. The Morgan fingerprint density at radius 3 is 2.88 bits per heavy atom. The van der Waals surface area contributed by atoms with Gasteiger partial charge in [-0.15, -0.1) is 11.3 Å². The normalized spacial score (nSPS) is 11.2. The van der Waals surface area contributed by atoms with Crippen LogP contribution < -0.4 is 5.32 Å². The number of aryl methyl sites for hydroxylation is 1. The zero-order chi connectivity index (χ0) is 11.8. The summed E-state index contributed by atoms with van der Waals surface area (Å²) < 4.78 is 1.20. The van der Waals surface area contributed by atoms with Gasteiger partial charge in [0.25, 0.3) is 0 Å². The molecule has 0 fully saturated rings. The molecule has 1 aromatic heterocycles. The van der Waals surface area contributed by atoms with Crippen LogP contribution in [0.3, 0.4) is 0 Å². The number of thioether (sulfide) groups is 1. The molecule has 0 aliphatic heterocycles. The minimum Gasteiger partial charge on any atom is -0.316 e. The summed E-state index contributed by atoms with van der Waals surface area (Å²) in [5.41, 5.74) is 1.14. The largest absolute Gasteiger partial charge is 0.316 e. The summed E-state index contributed by atoms with van der Waals surface area (Å²) in [4.78, 5) is 4.42. The smallest absolute Gasteiger partial charge is 0.150 e. The Morgan fingerprint density at radius 1 is 1.44 bits per heavy atom. The Kier molecular flexibility index (Phi) is 7.08. The quantitative estimate of drug-likeness (QED) is 0.570. The Hall–Kier alpha value is -0.0600. The molecule has 1 heterocycles. The van der Waals surface area contributed by atoms with E-state index in [0.717, 1.165) is 30.5 Å². The summed E-state index contributed by atoms with van der Waals surface area (Å²) in [6, 6.07) is 0. The van der Waals surface area contributed by atoms with E-state index >= 15 is 0 Å². The Morgan fingerprint density at radius 2 is 2.25 bits per heavy atom. The van der Waals surface area contributed by atoms with E-state index in [2.05, 4.69) is 29.5 Å². The number of hydrogen-bond donors (Lipinski definition) is 1. The van der Waals surface area contributed by atoms with Crippen LogP contribution in [0, 0.1) is 12.8 Å². The Labute approximate surface area is 107 Å². The van der Waals surface area contributed by atoms with E-state index in [9.17, 15) is 0 Å². The van der Waals surface area contributed by atoms with Gasteiger partial charge in [-0.3, -0.25) is 0 Å². The van der Waals surface area contributed by atoms with Crippen LogP contribution in [0.1, 0.15) is 32.4 Å². The minimum absolute atomic E-state index is 0.828. The van der Waals surface area contributed by atoms with Gasteiger partial charge in [-0.2, -0.15) is 0 Å². The van der Waals surface area contributed by atoms with Crippen molar-refractivity contribution in [3.8, 4) is 0 Å². The first-order valence-electron chi connectivity index (χ1n) is 5.94. The highest BCUT2D eigenvalue weighted by atomic mass is 32.2. The van der Waals surface area contributed by atoms with Gasteiger partial charge < -0.3 is 5.32 Å². The molecular formula is C12H22N2S2. The fourth-order valence-electron chi connectivity index (χ4n) is 1.37. The summed E-state index contributed by atoms with van der Waals surface area (Å²) in [7, 11) is 0. The summed E-state index contributed by atoms with van der Waals surface area (Å²) >= 11 is 3.60. The maximum atomic E-state index is 4.42. The van der Waals surface area contributed by atoms with Gasteiger partial charge in [0.05, 0.1) is 0 Å². The molecule has 1 rings (SSSR count). The lowest BCUT2D eigenvalue weighted by molar-refractivity contribution is 0.534. The van der Waals surface area contributed by atoms with Gasteiger partial charge >= 0.3 is 0 Å². The number of aromatic nitrogens is 1. The van der Waals surface area contributed by atoms with Crippen LogP contribution >= 0.6 is 23.1 Å². The molecule has 1 N–H and O–H groups in total. The molecular weight excluding hydrogens is 236 g/mol. The molecule has 1 aromatic rings. The second-order valence-electron chi connectivity index (χ2n) is 4.39. The fourth-order valence-corrected chi connectivity index (χ4v) is 3.19. The molecule has 16 heavy (non-hydrogen) atoms. The van der Waals surface area contributed by atoms with Gasteiger partial charge in [-0.05, 0) is 32.2 Å². The number of nitrogens with one attached hydrogen (secondary N) is 1. The van der Waals surface area contributed by atoms with Crippen molar-refractivity contribution in [1.29, 1.82) is 0 Å². The van der Waals surface area contributed by atoms with Crippen LogP contribution in [0.25, 0.3) is 0 Å². The zero-order valence-electron chi connectivity index (χ0n) is 10.5. The fraction of sp³-hybridized carbons (Fsp3) is 0.750. The van der Waals surface area contributed by atoms with Crippen molar-refractivity contribution in [3.63, 3.8) is 0 Å². The molecule has 4 heteroatoms. The van der Waals surface area contributed by atoms with Crippen molar-refractivity contribution < 1.29 is 0 Å². The van der Waals surface area contributed by atoms with Gasteiger partial charge in [0, 0.05) is 23.4 Å². The maximum absolute atomic E-state index is 4.42. The highest BCUT2D eigenvalue weighted by Gasteiger charge is 1.98. The predicted molar refractivity (Wildman–Crippen MR) is 74.5 cm³/mol. The first kappa shape index (κ1) is 14.0. The molecule has 0 radical (unpaired) electrons. The van der Waals surface area contributed by atoms with Gasteiger partial charge in [-0.1, -0.05) is 25.6 Å². The topological polar surface area (TPSA) is 24.9 Å². The van der Waals surface area contributed by atoms with E-state index in [4.69, 9.17) is 0 Å². The Balaban J connectivity index is 1.92. The molecule has 92 valence electrons. The standard InChI is InChI=1S/C12H22N2S2/c1-10(2)5-4-6-13-7-8-15-12-14-11(3)9-16-12/h9-10,13H,4-8H2,1-3H3. The van der Waals surface area contributed by atoms with E-state index in [1.165, 1.54) is 17.2 Å². The van der Waals surface area contributed by atoms with Crippen LogP contribution in [0.2, 0.25) is 0 Å². The summed E-state index contributed by atoms with van der Waals surface area (Å²) in [6.07, 6.45) is 2.62. The molecule has 0 aliphatic rings. The Bertz CT molecular complexity index is 284. The second-order valence-corrected chi connectivity index (χ2v) is 6.59. The zero-order valence-corrected chi connectivity index (χ0v) is 12.1. The number of nitrogens with zero attached hydrogens (tertiary/aromatic N) is 1. The molecule has 0 aliphatic carbocycles. The van der Waals surface area contributed by atoms with Crippen LogP contribution in [-0.4, -0.2) is 23.8 Å². The number of thiazole rings is 1. The lowest BCUT2D eigenvalue weighted by Crippen LogP contribution is -2.18. The summed E-state index contributed by atoms with van der Waals surface area (Å²) in [5, 5.41) is 5.58. The molecule has 0 saturated carbocycles.